The van der Waals surface area contributed by atoms with Crippen molar-refractivity contribution >= 4 is 5.91 Å². The molecular formula is C24H25NO3. The monoisotopic (exact) mass is 375 g/mol. The van der Waals surface area contributed by atoms with E-state index < -0.39 is 0 Å². The van der Waals surface area contributed by atoms with E-state index in [-0.39, 0.29) is 11.9 Å². The van der Waals surface area contributed by atoms with Crippen LogP contribution in [-0.2, 0) is 11.2 Å². The highest BCUT2D eigenvalue weighted by Gasteiger charge is 2.09. The van der Waals surface area contributed by atoms with Gasteiger partial charge in [-0.1, -0.05) is 54.6 Å². The molecule has 4 heteroatoms. The van der Waals surface area contributed by atoms with Crippen molar-refractivity contribution in [2.24, 2.45) is 0 Å². The highest BCUT2D eigenvalue weighted by molar-refractivity contribution is 5.79. The minimum Gasteiger partial charge on any atom is -0.497 e. The lowest BCUT2D eigenvalue weighted by Crippen LogP contribution is -2.37. The average molecular weight is 375 g/mol. The van der Waals surface area contributed by atoms with Crippen molar-refractivity contribution in [2.75, 3.05) is 13.7 Å². The second kappa shape index (κ2) is 9.60. The molecule has 0 unspecified atom stereocenters. The quantitative estimate of drug-likeness (QED) is 0.631. The Morgan fingerprint density at radius 3 is 2.11 bits per heavy atom. The van der Waals surface area contributed by atoms with Crippen LogP contribution in [0.4, 0.5) is 0 Å². The zero-order chi connectivity index (χ0) is 19.8. The molecule has 0 saturated heterocycles. The Bertz CT molecular complexity index is 874. The first kappa shape index (κ1) is 19.5. The van der Waals surface area contributed by atoms with Gasteiger partial charge >= 0.3 is 0 Å². The van der Waals surface area contributed by atoms with Crippen molar-refractivity contribution in [2.45, 2.75) is 19.4 Å². The molecule has 0 heterocycles. The van der Waals surface area contributed by atoms with Crippen LogP contribution in [0.15, 0.2) is 78.9 Å². The van der Waals surface area contributed by atoms with Crippen molar-refractivity contribution in [3.05, 3.63) is 84.4 Å². The summed E-state index contributed by atoms with van der Waals surface area (Å²) in [7, 11) is 1.63. The van der Waals surface area contributed by atoms with E-state index in [1.807, 2.05) is 73.7 Å². The maximum Gasteiger partial charge on any atom is 0.224 e. The molecule has 1 atom stereocenters. The molecule has 0 aliphatic rings. The predicted octanol–water partition coefficient (Wildman–Crippen LogP) is 4.49. The van der Waals surface area contributed by atoms with Crippen LogP contribution in [0.2, 0.25) is 0 Å². The smallest absolute Gasteiger partial charge is 0.224 e. The number of hydrogen-bond donors (Lipinski definition) is 1. The lowest BCUT2D eigenvalue weighted by atomic mass is 10.0. The fourth-order valence-electron chi connectivity index (χ4n) is 2.89. The lowest BCUT2D eigenvalue weighted by Gasteiger charge is -2.15. The molecular weight excluding hydrogens is 350 g/mol. The Balaban J connectivity index is 1.46. The van der Waals surface area contributed by atoms with Crippen LogP contribution in [0, 0.1) is 0 Å². The Kier molecular flexibility index (Phi) is 6.68. The predicted molar refractivity (Wildman–Crippen MR) is 112 cm³/mol. The van der Waals surface area contributed by atoms with E-state index in [1.165, 1.54) is 5.56 Å². The summed E-state index contributed by atoms with van der Waals surface area (Å²) in [6.07, 6.45) is 0.349. The first-order valence-corrected chi connectivity index (χ1v) is 9.34. The number of carbonyl (C=O) groups is 1. The molecule has 0 fully saturated rings. The number of carbonyl (C=O) groups excluding carboxylic acids is 1. The van der Waals surface area contributed by atoms with Crippen molar-refractivity contribution in [1.82, 2.24) is 5.32 Å². The number of hydrogen-bond acceptors (Lipinski definition) is 3. The third-order valence-electron chi connectivity index (χ3n) is 4.39. The molecule has 0 bridgehead atoms. The minimum absolute atomic E-state index is 0.0155. The Labute approximate surface area is 166 Å². The lowest BCUT2D eigenvalue weighted by molar-refractivity contribution is -0.121. The molecule has 0 radical (unpaired) electrons. The number of nitrogens with one attached hydrogen (secondary N) is 1. The largest absolute Gasteiger partial charge is 0.497 e. The summed E-state index contributed by atoms with van der Waals surface area (Å²) in [5.74, 6) is 1.52. The summed E-state index contributed by atoms with van der Waals surface area (Å²) in [5, 5.41) is 2.98. The second-order valence-electron chi connectivity index (χ2n) is 6.69. The number of benzene rings is 3. The molecule has 0 aromatic heterocycles. The van der Waals surface area contributed by atoms with Crippen LogP contribution in [0.25, 0.3) is 11.1 Å². The van der Waals surface area contributed by atoms with Crippen LogP contribution in [0.5, 0.6) is 11.5 Å². The molecule has 0 aliphatic carbocycles. The first-order valence-electron chi connectivity index (χ1n) is 9.34. The minimum atomic E-state index is -0.0850. The van der Waals surface area contributed by atoms with Crippen LogP contribution >= 0.6 is 0 Å². The van der Waals surface area contributed by atoms with Crippen molar-refractivity contribution in [3.8, 4) is 22.6 Å². The van der Waals surface area contributed by atoms with E-state index in [2.05, 4.69) is 17.4 Å². The fraction of sp³-hybridized carbons (Fsp3) is 0.208. The molecule has 1 N–H and O–H groups in total. The van der Waals surface area contributed by atoms with E-state index >= 15 is 0 Å². The van der Waals surface area contributed by atoms with Gasteiger partial charge in [-0.3, -0.25) is 4.79 Å². The molecule has 1 amide bonds. The molecule has 4 nitrogen and oxygen atoms in total. The maximum atomic E-state index is 12.3. The Morgan fingerprint density at radius 1 is 0.857 bits per heavy atom. The van der Waals surface area contributed by atoms with Gasteiger partial charge < -0.3 is 14.8 Å². The van der Waals surface area contributed by atoms with E-state index in [9.17, 15) is 4.79 Å². The third kappa shape index (κ3) is 5.61. The summed E-state index contributed by atoms with van der Waals surface area (Å²) in [6, 6.07) is 25.6. The van der Waals surface area contributed by atoms with Gasteiger partial charge in [0.05, 0.1) is 19.6 Å². The zero-order valence-corrected chi connectivity index (χ0v) is 16.2. The summed E-state index contributed by atoms with van der Waals surface area (Å²) < 4.78 is 10.8. The van der Waals surface area contributed by atoms with E-state index in [1.54, 1.807) is 7.11 Å². The zero-order valence-electron chi connectivity index (χ0n) is 16.2. The van der Waals surface area contributed by atoms with Gasteiger partial charge in [0.15, 0.2) is 0 Å². The average Bonchev–Trinajstić information content (AvgIpc) is 2.74. The van der Waals surface area contributed by atoms with Gasteiger partial charge in [-0.05, 0) is 47.9 Å². The van der Waals surface area contributed by atoms with Gasteiger partial charge in [0.1, 0.15) is 18.1 Å². The van der Waals surface area contributed by atoms with Crippen molar-refractivity contribution in [1.29, 1.82) is 0 Å². The molecule has 3 aromatic carbocycles. The normalized spacial score (nSPS) is 11.5. The van der Waals surface area contributed by atoms with Gasteiger partial charge in [0.25, 0.3) is 0 Å². The SMILES string of the molecule is COc1ccc(OC[C@@H](C)NC(=O)Cc2ccc(-c3ccccc3)cc2)cc1. The van der Waals surface area contributed by atoms with E-state index in [0.717, 1.165) is 22.6 Å². The van der Waals surface area contributed by atoms with Crippen LogP contribution in [0.1, 0.15) is 12.5 Å². The highest BCUT2D eigenvalue weighted by Crippen LogP contribution is 2.19. The Hall–Kier alpha value is -3.27. The topological polar surface area (TPSA) is 47.6 Å². The number of methoxy groups -OCH3 is 1. The van der Waals surface area contributed by atoms with Gasteiger partial charge in [-0.25, -0.2) is 0 Å². The third-order valence-corrected chi connectivity index (χ3v) is 4.39. The summed E-state index contributed by atoms with van der Waals surface area (Å²) in [6.45, 7) is 2.34. The molecule has 28 heavy (non-hydrogen) atoms. The van der Waals surface area contributed by atoms with Gasteiger partial charge in [0, 0.05) is 0 Å². The van der Waals surface area contributed by atoms with Crippen LogP contribution in [-0.4, -0.2) is 25.7 Å². The maximum absolute atomic E-state index is 12.3. The van der Waals surface area contributed by atoms with E-state index in [0.29, 0.717) is 13.0 Å². The number of rotatable bonds is 8. The molecule has 0 saturated carbocycles. The highest BCUT2D eigenvalue weighted by atomic mass is 16.5. The molecule has 144 valence electrons. The molecule has 3 aromatic rings. The van der Waals surface area contributed by atoms with Crippen molar-refractivity contribution in [3.63, 3.8) is 0 Å². The molecule has 0 spiro atoms. The Morgan fingerprint density at radius 2 is 1.46 bits per heavy atom. The van der Waals surface area contributed by atoms with Gasteiger partial charge in [-0.2, -0.15) is 0 Å². The molecule has 3 rings (SSSR count). The van der Waals surface area contributed by atoms with Crippen LogP contribution in [0.3, 0.4) is 0 Å². The van der Waals surface area contributed by atoms with Crippen molar-refractivity contribution < 1.29 is 14.3 Å². The van der Waals surface area contributed by atoms with Gasteiger partial charge in [0.2, 0.25) is 5.91 Å². The number of ether oxygens (including phenoxy) is 2. The summed E-state index contributed by atoms with van der Waals surface area (Å²) in [4.78, 5) is 12.3. The number of amides is 1. The summed E-state index contributed by atoms with van der Waals surface area (Å²) in [5.41, 5.74) is 3.30. The van der Waals surface area contributed by atoms with Gasteiger partial charge in [-0.15, -0.1) is 0 Å². The standard InChI is InChI=1S/C24H25NO3/c1-18(17-28-23-14-12-22(27-2)13-15-23)25-24(26)16-19-8-10-21(11-9-19)20-6-4-3-5-7-20/h3-15,18H,16-17H2,1-2H3,(H,25,26)/t18-/m1/s1. The summed E-state index contributed by atoms with van der Waals surface area (Å²) >= 11 is 0. The first-order chi connectivity index (χ1) is 13.6. The van der Waals surface area contributed by atoms with E-state index in [4.69, 9.17) is 9.47 Å². The molecule has 0 aliphatic heterocycles. The fourth-order valence-corrected chi connectivity index (χ4v) is 2.89. The second-order valence-corrected chi connectivity index (χ2v) is 6.69. The van der Waals surface area contributed by atoms with Crippen LogP contribution < -0.4 is 14.8 Å².